The lowest BCUT2D eigenvalue weighted by Gasteiger charge is -2.15. The number of benzene rings is 1. The first-order chi connectivity index (χ1) is 14.9. The summed E-state index contributed by atoms with van der Waals surface area (Å²) in [5, 5.41) is 8.27. The Hall–Kier alpha value is -3.17. The highest BCUT2D eigenvalue weighted by molar-refractivity contribution is 7.13. The van der Waals surface area contributed by atoms with Crippen LogP contribution in [0.2, 0.25) is 5.02 Å². The molecule has 1 aromatic carbocycles. The van der Waals surface area contributed by atoms with Crippen LogP contribution in [0.4, 0.5) is 0 Å². The fourth-order valence-corrected chi connectivity index (χ4v) is 3.68. The summed E-state index contributed by atoms with van der Waals surface area (Å²) in [7, 11) is 1.23. The average molecular weight is 462 g/mol. The molecule has 8 nitrogen and oxygen atoms in total. The molecule has 3 aromatic rings. The van der Waals surface area contributed by atoms with Crippen LogP contribution in [-0.2, 0) is 32.0 Å². The predicted octanol–water partition coefficient (Wildman–Crippen LogP) is 2.62. The van der Waals surface area contributed by atoms with E-state index in [4.69, 9.17) is 20.8 Å². The first-order valence-electron chi connectivity index (χ1n) is 9.31. The number of ether oxygens (including phenoxy) is 1. The average Bonchev–Trinajstić information content (AvgIpc) is 3.44. The van der Waals surface area contributed by atoms with Gasteiger partial charge in [0.05, 0.1) is 32.0 Å². The Morgan fingerprint density at radius 1 is 1.19 bits per heavy atom. The molecule has 0 fully saturated rings. The van der Waals surface area contributed by atoms with E-state index in [0.717, 1.165) is 10.6 Å². The van der Waals surface area contributed by atoms with Crippen LogP contribution in [0.5, 0.6) is 0 Å². The molecule has 1 atom stereocenters. The Morgan fingerprint density at radius 2 is 1.97 bits per heavy atom. The number of amides is 2. The van der Waals surface area contributed by atoms with Gasteiger partial charge in [-0.05, 0) is 24.3 Å². The van der Waals surface area contributed by atoms with Crippen molar-refractivity contribution in [1.82, 2.24) is 15.6 Å². The van der Waals surface area contributed by atoms with Gasteiger partial charge in [-0.2, -0.15) is 0 Å². The minimum Gasteiger partial charge on any atom is -0.469 e. The molecule has 2 heterocycles. The zero-order chi connectivity index (χ0) is 22.2. The van der Waals surface area contributed by atoms with Gasteiger partial charge in [-0.1, -0.05) is 23.7 Å². The van der Waals surface area contributed by atoms with Gasteiger partial charge in [0.15, 0.2) is 0 Å². The first-order valence-corrected chi connectivity index (χ1v) is 10.6. The van der Waals surface area contributed by atoms with Crippen molar-refractivity contribution >= 4 is 40.7 Å². The van der Waals surface area contributed by atoms with Crippen molar-refractivity contribution in [2.45, 2.75) is 18.9 Å². The van der Waals surface area contributed by atoms with Crippen molar-refractivity contribution < 1.29 is 23.5 Å². The zero-order valence-electron chi connectivity index (χ0n) is 16.6. The van der Waals surface area contributed by atoms with Crippen LogP contribution in [0.25, 0.3) is 10.6 Å². The molecule has 0 spiro atoms. The van der Waals surface area contributed by atoms with Gasteiger partial charge in [-0.15, -0.1) is 11.3 Å². The van der Waals surface area contributed by atoms with Crippen molar-refractivity contribution in [3.05, 3.63) is 64.5 Å². The van der Waals surface area contributed by atoms with Gasteiger partial charge in [0.25, 0.3) is 0 Å². The monoisotopic (exact) mass is 461 g/mol. The minimum absolute atomic E-state index is 0.0319. The van der Waals surface area contributed by atoms with Crippen LogP contribution in [0.15, 0.2) is 52.5 Å². The number of nitrogens with one attached hydrogen (secondary N) is 2. The highest BCUT2D eigenvalue weighted by Crippen LogP contribution is 2.25. The van der Waals surface area contributed by atoms with E-state index < -0.39 is 17.9 Å². The van der Waals surface area contributed by atoms with Crippen LogP contribution in [0.3, 0.4) is 0 Å². The largest absolute Gasteiger partial charge is 0.469 e. The van der Waals surface area contributed by atoms with Crippen molar-refractivity contribution in [3.63, 3.8) is 0 Å². The van der Waals surface area contributed by atoms with Crippen molar-refractivity contribution in [3.8, 4) is 10.6 Å². The fraction of sp³-hybridized carbons (Fsp3) is 0.238. The number of thiazole rings is 1. The summed E-state index contributed by atoms with van der Waals surface area (Å²) in [4.78, 5) is 40.7. The number of hydrogen-bond donors (Lipinski definition) is 2. The Balaban J connectivity index is 1.49. The molecule has 0 radical (unpaired) electrons. The van der Waals surface area contributed by atoms with Crippen LogP contribution in [0, 0.1) is 0 Å². The number of aromatic nitrogens is 1. The van der Waals surface area contributed by atoms with Gasteiger partial charge in [-0.3, -0.25) is 9.59 Å². The Bertz CT molecular complexity index is 1030. The van der Waals surface area contributed by atoms with Gasteiger partial charge in [0, 0.05) is 22.4 Å². The molecule has 0 saturated heterocycles. The van der Waals surface area contributed by atoms with E-state index in [1.165, 1.54) is 24.7 Å². The van der Waals surface area contributed by atoms with Crippen LogP contribution < -0.4 is 10.6 Å². The smallest absolute Gasteiger partial charge is 0.328 e. The second-order valence-electron chi connectivity index (χ2n) is 6.53. The minimum atomic E-state index is -0.916. The third-order valence-corrected chi connectivity index (χ3v) is 5.43. The summed E-state index contributed by atoms with van der Waals surface area (Å²) in [6.07, 6.45) is 1.65. The number of furan rings is 1. The van der Waals surface area contributed by atoms with E-state index in [-0.39, 0.29) is 25.3 Å². The molecule has 0 bridgehead atoms. The van der Waals surface area contributed by atoms with Crippen molar-refractivity contribution in [2.75, 3.05) is 13.7 Å². The molecule has 162 valence electrons. The summed E-state index contributed by atoms with van der Waals surface area (Å²) in [6, 6.07) is 9.72. The van der Waals surface area contributed by atoms with E-state index >= 15 is 0 Å². The number of carbonyl (C=O) groups excluding carboxylic acids is 3. The SMILES string of the molecule is COC(=O)C(Cc1ccco1)NC(=O)CNC(=O)Cc1csc(-c2ccc(Cl)cc2)n1. The quantitative estimate of drug-likeness (QED) is 0.474. The van der Waals surface area contributed by atoms with Gasteiger partial charge in [0.2, 0.25) is 11.8 Å². The number of halogens is 1. The normalized spacial score (nSPS) is 11.5. The van der Waals surface area contributed by atoms with Crippen molar-refractivity contribution in [2.24, 2.45) is 0 Å². The second kappa shape index (κ2) is 10.7. The maximum Gasteiger partial charge on any atom is 0.328 e. The van der Waals surface area contributed by atoms with E-state index in [2.05, 4.69) is 15.6 Å². The molecule has 1 unspecified atom stereocenters. The predicted molar refractivity (Wildman–Crippen MR) is 116 cm³/mol. The topological polar surface area (TPSA) is 111 Å². The molecule has 0 aliphatic rings. The van der Waals surface area contributed by atoms with Gasteiger partial charge in [0.1, 0.15) is 16.8 Å². The number of hydrogen-bond acceptors (Lipinski definition) is 7. The van der Waals surface area contributed by atoms with E-state index in [1.54, 1.807) is 29.6 Å². The lowest BCUT2D eigenvalue weighted by molar-refractivity contribution is -0.145. The third-order valence-electron chi connectivity index (χ3n) is 4.24. The number of esters is 1. The first kappa shape index (κ1) is 22.5. The molecule has 2 amide bonds. The molecule has 0 saturated carbocycles. The van der Waals surface area contributed by atoms with E-state index in [0.29, 0.717) is 16.5 Å². The molecule has 10 heteroatoms. The summed E-state index contributed by atoms with van der Waals surface area (Å²) in [5.41, 5.74) is 1.50. The standard InChI is InChI=1S/C21H20ClN3O5S/c1-29-21(28)17(10-16-3-2-8-30-16)25-19(27)11-23-18(26)9-15-12-31-20(24-15)13-4-6-14(22)7-5-13/h2-8,12,17H,9-11H2,1H3,(H,23,26)(H,25,27). The second-order valence-corrected chi connectivity index (χ2v) is 7.83. The Kier molecular flexibility index (Phi) is 7.80. The van der Waals surface area contributed by atoms with Crippen molar-refractivity contribution in [1.29, 1.82) is 0 Å². The molecule has 2 aromatic heterocycles. The summed E-state index contributed by atoms with van der Waals surface area (Å²) in [6.45, 7) is -0.279. The van der Waals surface area contributed by atoms with Gasteiger partial charge >= 0.3 is 5.97 Å². The molecular weight excluding hydrogens is 442 g/mol. The maximum absolute atomic E-state index is 12.2. The fourth-order valence-electron chi connectivity index (χ4n) is 2.73. The molecule has 0 aliphatic heterocycles. The molecule has 3 rings (SSSR count). The molecular formula is C21H20ClN3O5S. The number of methoxy groups -OCH3 is 1. The lowest BCUT2D eigenvalue weighted by atomic mass is 10.1. The summed E-state index contributed by atoms with van der Waals surface area (Å²) < 4.78 is 9.92. The van der Waals surface area contributed by atoms with Gasteiger partial charge in [-0.25, -0.2) is 9.78 Å². The highest BCUT2D eigenvalue weighted by Gasteiger charge is 2.23. The highest BCUT2D eigenvalue weighted by atomic mass is 35.5. The van der Waals surface area contributed by atoms with E-state index in [1.807, 2.05) is 12.1 Å². The maximum atomic E-state index is 12.2. The van der Waals surface area contributed by atoms with Crippen LogP contribution in [0.1, 0.15) is 11.5 Å². The molecule has 0 aliphatic carbocycles. The Labute approximate surface area is 187 Å². The number of rotatable bonds is 9. The lowest BCUT2D eigenvalue weighted by Crippen LogP contribution is -2.47. The van der Waals surface area contributed by atoms with Gasteiger partial charge < -0.3 is 19.8 Å². The third kappa shape index (κ3) is 6.66. The Morgan fingerprint density at radius 3 is 2.65 bits per heavy atom. The van der Waals surface area contributed by atoms with E-state index in [9.17, 15) is 14.4 Å². The summed E-state index contributed by atoms with van der Waals surface area (Å²) in [5.74, 6) is -0.952. The summed E-state index contributed by atoms with van der Waals surface area (Å²) >= 11 is 7.31. The number of carbonyl (C=O) groups is 3. The molecule has 2 N–H and O–H groups in total. The molecule has 31 heavy (non-hydrogen) atoms. The van der Waals surface area contributed by atoms with Crippen LogP contribution in [-0.4, -0.2) is 42.5 Å². The zero-order valence-corrected chi connectivity index (χ0v) is 18.2. The van der Waals surface area contributed by atoms with Crippen LogP contribution >= 0.6 is 22.9 Å². The number of nitrogens with zero attached hydrogens (tertiary/aromatic N) is 1.